The lowest BCUT2D eigenvalue weighted by molar-refractivity contribution is -0.137. The molecule has 4 nitrogen and oxygen atoms in total. The standard InChI is InChI=1S/C15H11ClF3N3O/c1-7-5-8(15(17,18)19)6-10(23)12(7)14-21-13-9(22(14)2)3-4-11(16)20-13/h3-6,23H,1-2H3. The summed E-state index contributed by atoms with van der Waals surface area (Å²) >= 11 is 5.83. The number of aromatic hydroxyl groups is 1. The van der Waals surface area contributed by atoms with E-state index >= 15 is 0 Å². The minimum atomic E-state index is -4.53. The van der Waals surface area contributed by atoms with E-state index in [9.17, 15) is 18.3 Å². The van der Waals surface area contributed by atoms with Crippen LogP contribution in [0.3, 0.4) is 0 Å². The second-order valence-electron chi connectivity index (χ2n) is 5.16. The Morgan fingerprint density at radius 3 is 2.48 bits per heavy atom. The molecule has 0 aliphatic heterocycles. The molecule has 0 spiro atoms. The number of imidazole rings is 1. The lowest BCUT2D eigenvalue weighted by atomic mass is 10.0. The minimum absolute atomic E-state index is 0.231. The summed E-state index contributed by atoms with van der Waals surface area (Å²) < 4.78 is 40.1. The van der Waals surface area contributed by atoms with Crippen LogP contribution >= 0.6 is 11.6 Å². The van der Waals surface area contributed by atoms with Crippen LogP contribution in [0.5, 0.6) is 5.75 Å². The van der Waals surface area contributed by atoms with Gasteiger partial charge in [-0.05, 0) is 36.8 Å². The van der Waals surface area contributed by atoms with E-state index in [0.717, 1.165) is 6.07 Å². The van der Waals surface area contributed by atoms with Crippen molar-refractivity contribution in [3.8, 4) is 17.1 Å². The number of pyridine rings is 1. The molecule has 0 fully saturated rings. The molecule has 1 aromatic carbocycles. The fourth-order valence-electron chi connectivity index (χ4n) is 2.50. The number of benzene rings is 1. The van der Waals surface area contributed by atoms with E-state index in [-0.39, 0.29) is 16.3 Å². The Balaban J connectivity index is 2.25. The quantitative estimate of drug-likeness (QED) is 0.671. The van der Waals surface area contributed by atoms with Crippen LogP contribution in [0.2, 0.25) is 5.15 Å². The summed E-state index contributed by atoms with van der Waals surface area (Å²) in [6.45, 7) is 1.49. The summed E-state index contributed by atoms with van der Waals surface area (Å²) in [4.78, 5) is 8.35. The Bertz CT molecular complexity index is 895. The fourth-order valence-corrected chi connectivity index (χ4v) is 2.64. The van der Waals surface area contributed by atoms with Crippen molar-refractivity contribution < 1.29 is 18.3 Å². The topological polar surface area (TPSA) is 50.9 Å². The van der Waals surface area contributed by atoms with Crippen molar-refractivity contribution in [3.63, 3.8) is 0 Å². The van der Waals surface area contributed by atoms with Gasteiger partial charge in [-0.25, -0.2) is 9.97 Å². The molecule has 0 radical (unpaired) electrons. The molecule has 0 atom stereocenters. The largest absolute Gasteiger partial charge is 0.507 e. The third-order valence-corrected chi connectivity index (χ3v) is 3.79. The highest BCUT2D eigenvalue weighted by Crippen LogP contribution is 2.39. The van der Waals surface area contributed by atoms with Crippen LogP contribution in [-0.4, -0.2) is 19.6 Å². The zero-order valence-corrected chi connectivity index (χ0v) is 12.9. The first-order valence-electron chi connectivity index (χ1n) is 6.58. The molecular weight excluding hydrogens is 331 g/mol. The summed E-state index contributed by atoms with van der Waals surface area (Å²) in [6.07, 6.45) is -4.53. The number of fused-ring (bicyclic) bond motifs is 1. The molecule has 1 N–H and O–H groups in total. The van der Waals surface area contributed by atoms with Gasteiger partial charge in [-0.1, -0.05) is 11.6 Å². The first kappa shape index (κ1) is 15.6. The second-order valence-corrected chi connectivity index (χ2v) is 5.54. The van der Waals surface area contributed by atoms with Crippen LogP contribution < -0.4 is 0 Å². The Labute approximate surface area is 134 Å². The molecule has 3 rings (SSSR count). The van der Waals surface area contributed by atoms with E-state index in [4.69, 9.17) is 11.6 Å². The van der Waals surface area contributed by atoms with Crippen molar-refractivity contribution in [1.29, 1.82) is 0 Å². The normalized spacial score (nSPS) is 12.1. The summed E-state index contributed by atoms with van der Waals surface area (Å²) in [5, 5.41) is 10.4. The zero-order chi connectivity index (χ0) is 16.9. The summed E-state index contributed by atoms with van der Waals surface area (Å²) in [5.41, 5.74) is 0.601. The molecule has 0 unspecified atom stereocenters. The third-order valence-electron chi connectivity index (χ3n) is 3.58. The minimum Gasteiger partial charge on any atom is -0.507 e. The van der Waals surface area contributed by atoms with Crippen LogP contribution in [0.4, 0.5) is 13.2 Å². The van der Waals surface area contributed by atoms with Gasteiger partial charge in [0, 0.05) is 7.05 Å². The molecule has 0 bridgehead atoms. The number of aryl methyl sites for hydroxylation is 2. The van der Waals surface area contributed by atoms with Gasteiger partial charge in [-0.15, -0.1) is 0 Å². The average molecular weight is 342 g/mol. The molecule has 0 aliphatic rings. The summed E-state index contributed by atoms with van der Waals surface area (Å²) in [7, 11) is 1.69. The SMILES string of the molecule is Cc1cc(C(F)(F)F)cc(O)c1-c1nc2nc(Cl)ccc2n1C. The van der Waals surface area contributed by atoms with Crippen molar-refractivity contribution in [3.05, 3.63) is 40.5 Å². The van der Waals surface area contributed by atoms with Gasteiger partial charge >= 0.3 is 6.18 Å². The number of phenolic OH excluding ortho intramolecular Hbond substituents is 1. The van der Waals surface area contributed by atoms with Crippen LogP contribution in [-0.2, 0) is 13.2 Å². The molecule has 2 heterocycles. The summed E-state index contributed by atoms with van der Waals surface area (Å²) in [5.74, 6) is -0.166. The monoisotopic (exact) mass is 341 g/mol. The van der Waals surface area contributed by atoms with Gasteiger partial charge in [0.1, 0.15) is 16.7 Å². The van der Waals surface area contributed by atoms with Crippen molar-refractivity contribution in [2.24, 2.45) is 7.05 Å². The molecule has 2 aromatic heterocycles. The number of halogens is 4. The maximum atomic E-state index is 12.8. The molecule has 0 amide bonds. The molecule has 3 aromatic rings. The molecule has 23 heavy (non-hydrogen) atoms. The third kappa shape index (κ3) is 2.61. The van der Waals surface area contributed by atoms with Crippen molar-refractivity contribution in [2.75, 3.05) is 0 Å². The highest BCUT2D eigenvalue weighted by atomic mass is 35.5. The molecule has 0 saturated carbocycles. The van der Waals surface area contributed by atoms with Crippen LogP contribution in [0, 0.1) is 6.92 Å². The predicted octanol–water partition coefficient (Wildman–Crippen LogP) is 4.32. The highest BCUT2D eigenvalue weighted by Gasteiger charge is 2.32. The maximum Gasteiger partial charge on any atom is 0.416 e. The van der Waals surface area contributed by atoms with Gasteiger partial charge < -0.3 is 9.67 Å². The van der Waals surface area contributed by atoms with Crippen LogP contribution in [0.25, 0.3) is 22.6 Å². The van der Waals surface area contributed by atoms with Crippen LogP contribution in [0.15, 0.2) is 24.3 Å². The summed E-state index contributed by atoms with van der Waals surface area (Å²) in [6, 6.07) is 4.98. The zero-order valence-electron chi connectivity index (χ0n) is 12.1. The number of rotatable bonds is 1. The molecule has 8 heteroatoms. The van der Waals surface area contributed by atoms with Gasteiger partial charge in [0.15, 0.2) is 5.65 Å². The molecule has 120 valence electrons. The van der Waals surface area contributed by atoms with E-state index in [2.05, 4.69) is 9.97 Å². The van der Waals surface area contributed by atoms with Gasteiger partial charge in [0.25, 0.3) is 0 Å². The second kappa shape index (κ2) is 5.13. The highest BCUT2D eigenvalue weighted by molar-refractivity contribution is 6.29. The number of hydrogen-bond donors (Lipinski definition) is 1. The first-order chi connectivity index (χ1) is 10.7. The number of phenols is 1. The molecule has 0 saturated heterocycles. The Morgan fingerprint density at radius 1 is 1.17 bits per heavy atom. The number of nitrogens with zero attached hydrogens (tertiary/aromatic N) is 3. The van der Waals surface area contributed by atoms with Gasteiger partial charge in [0.2, 0.25) is 0 Å². The van der Waals surface area contributed by atoms with Crippen LogP contribution in [0.1, 0.15) is 11.1 Å². The maximum absolute atomic E-state index is 12.8. The van der Waals surface area contributed by atoms with Crippen molar-refractivity contribution >= 4 is 22.8 Å². The lowest BCUT2D eigenvalue weighted by Crippen LogP contribution is -2.06. The Hall–Kier alpha value is -2.28. The van der Waals surface area contributed by atoms with E-state index in [1.54, 1.807) is 23.7 Å². The molecule has 0 aliphatic carbocycles. The molecular formula is C15H11ClF3N3O. The fraction of sp³-hybridized carbons (Fsp3) is 0.200. The van der Waals surface area contributed by atoms with Crippen molar-refractivity contribution in [1.82, 2.24) is 14.5 Å². The number of alkyl halides is 3. The lowest BCUT2D eigenvalue weighted by Gasteiger charge is -2.13. The Morgan fingerprint density at radius 2 is 1.87 bits per heavy atom. The first-order valence-corrected chi connectivity index (χ1v) is 6.96. The van der Waals surface area contributed by atoms with E-state index in [1.807, 2.05) is 0 Å². The number of aromatic nitrogens is 3. The van der Waals surface area contributed by atoms with Gasteiger partial charge in [-0.2, -0.15) is 13.2 Å². The van der Waals surface area contributed by atoms with Gasteiger partial charge in [-0.3, -0.25) is 0 Å². The average Bonchev–Trinajstić information content (AvgIpc) is 2.73. The Kier molecular flexibility index (Phi) is 3.48. The van der Waals surface area contributed by atoms with Gasteiger partial charge in [0.05, 0.1) is 16.6 Å². The van der Waals surface area contributed by atoms with E-state index in [1.165, 1.54) is 6.92 Å². The van der Waals surface area contributed by atoms with Crippen molar-refractivity contribution in [2.45, 2.75) is 13.1 Å². The number of hydrogen-bond acceptors (Lipinski definition) is 3. The predicted molar refractivity (Wildman–Crippen MR) is 80.4 cm³/mol. The smallest absolute Gasteiger partial charge is 0.416 e. The van der Waals surface area contributed by atoms with E-state index in [0.29, 0.717) is 23.1 Å². The van der Waals surface area contributed by atoms with E-state index < -0.39 is 17.5 Å².